The zero-order valence-corrected chi connectivity index (χ0v) is 9.28. The molecule has 1 unspecified atom stereocenters. The Bertz CT molecular complexity index is 394. The van der Waals surface area contributed by atoms with E-state index < -0.39 is 12.1 Å². The smallest absolute Gasteiger partial charge is 0.343 e. The lowest BCUT2D eigenvalue weighted by Gasteiger charge is -2.10. The van der Waals surface area contributed by atoms with Crippen LogP contribution in [0.2, 0.25) is 0 Å². The lowest BCUT2D eigenvalue weighted by molar-refractivity contribution is -0.143. The van der Waals surface area contributed by atoms with Gasteiger partial charge in [-0.15, -0.1) is 0 Å². The van der Waals surface area contributed by atoms with E-state index in [4.69, 9.17) is 9.84 Å². The van der Waals surface area contributed by atoms with Crippen LogP contribution in [0.3, 0.4) is 0 Å². The molecule has 0 heterocycles. The number of hydrogen-bond acceptors (Lipinski definition) is 3. The van der Waals surface area contributed by atoms with Gasteiger partial charge in [-0.3, -0.25) is 0 Å². The molecule has 1 atom stereocenters. The van der Waals surface area contributed by atoms with Crippen molar-refractivity contribution in [3.8, 4) is 11.5 Å². The molecule has 82 valence electrons. The van der Waals surface area contributed by atoms with Crippen molar-refractivity contribution in [1.82, 2.24) is 0 Å². The maximum Gasteiger partial charge on any atom is 0.343 e. The Morgan fingerprint density at radius 3 is 2.67 bits per heavy atom. The van der Waals surface area contributed by atoms with E-state index in [-0.39, 0.29) is 21.5 Å². The summed E-state index contributed by atoms with van der Waals surface area (Å²) in [6.45, 7) is 0. The number of methoxy groups -OCH3 is 1. The van der Waals surface area contributed by atoms with Crippen molar-refractivity contribution in [3.63, 3.8) is 0 Å². The second-order valence-corrected chi connectivity index (χ2v) is 3.60. The molecule has 2 N–H and O–H groups in total. The average molecular weight is 279 g/mol. The summed E-state index contributed by atoms with van der Waals surface area (Å²) >= 11 is 2.96. The number of phenolic OH excluding ortho intramolecular Hbond substituents is 1. The number of phenols is 1. The monoisotopic (exact) mass is 278 g/mol. The second kappa shape index (κ2) is 4.48. The molecule has 0 radical (unpaired) electrons. The number of carboxylic acids is 1. The predicted octanol–water partition coefficient (Wildman–Crippen LogP) is 2.26. The summed E-state index contributed by atoms with van der Waals surface area (Å²) in [7, 11) is 1.29. The Kier molecular flexibility index (Phi) is 3.52. The predicted molar refractivity (Wildman–Crippen MR) is 53.8 cm³/mol. The zero-order chi connectivity index (χ0) is 11.6. The Hall–Kier alpha value is -1.30. The third kappa shape index (κ3) is 2.38. The molecule has 15 heavy (non-hydrogen) atoms. The van der Waals surface area contributed by atoms with Crippen molar-refractivity contribution in [3.05, 3.63) is 22.2 Å². The van der Waals surface area contributed by atoms with E-state index in [0.29, 0.717) is 0 Å². The SMILES string of the molecule is COc1cc(C(F)C(=O)O)c(Br)cc1O. The van der Waals surface area contributed by atoms with Gasteiger partial charge in [0.15, 0.2) is 11.5 Å². The standard InChI is InChI=1S/C9H8BrFO4/c1-15-7-2-4(8(11)9(13)14)5(10)3-6(7)12/h2-3,8,12H,1H3,(H,13,14). The fourth-order valence-electron chi connectivity index (χ4n) is 1.05. The third-order valence-electron chi connectivity index (χ3n) is 1.79. The van der Waals surface area contributed by atoms with E-state index in [1.165, 1.54) is 13.2 Å². The lowest BCUT2D eigenvalue weighted by Crippen LogP contribution is -2.06. The fourth-order valence-corrected chi connectivity index (χ4v) is 1.58. The summed E-state index contributed by atoms with van der Waals surface area (Å²) in [6, 6.07) is 2.32. The van der Waals surface area contributed by atoms with Gasteiger partial charge in [0.1, 0.15) is 0 Å². The van der Waals surface area contributed by atoms with E-state index in [9.17, 15) is 14.3 Å². The van der Waals surface area contributed by atoms with Crippen molar-refractivity contribution in [1.29, 1.82) is 0 Å². The molecule has 0 amide bonds. The van der Waals surface area contributed by atoms with Gasteiger partial charge in [0, 0.05) is 10.0 Å². The zero-order valence-electron chi connectivity index (χ0n) is 7.70. The largest absolute Gasteiger partial charge is 0.504 e. The number of carboxylic acid groups (broad SMARTS) is 1. The van der Waals surface area contributed by atoms with Crippen LogP contribution in [0.4, 0.5) is 4.39 Å². The summed E-state index contributed by atoms with van der Waals surface area (Å²) in [4.78, 5) is 10.4. The molecule has 1 aromatic rings. The fraction of sp³-hybridized carbons (Fsp3) is 0.222. The van der Waals surface area contributed by atoms with Gasteiger partial charge in [0.2, 0.25) is 6.17 Å². The van der Waals surface area contributed by atoms with Gasteiger partial charge in [-0.05, 0) is 12.1 Å². The highest BCUT2D eigenvalue weighted by atomic mass is 79.9. The summed E-state index contributed by atoms with van der Waals surface area (Å²) in [5.41, 5.74) is -0.0999. The molecule has 1 rings (SSSR count). The van der Waals surface area contributed by atoms with Crippen molar-refractivity contribution in [2.45, 2.75) is 6.17 Å². The van der Waals surface area contributed by atoms with Gasteiger partial charge in [-0.25, -0.2) is 9.18 Å². The quantitative estimate of drug-likeness (QED) is 0.890. The minimum Gasteiger partial charge on any atom is -0.504 e. The van der Waals surface area contributed by atoms with Crippen molar-refractivity contribution < 1.29 is 24.1 Å². The molecule has 0 aliphatic rings. The van der Waals surface area contributed by atoms with Crippen LogP contribution in [0, 0.1) is 0 Å². The van der Waals surface area contributed by atoms with Crippen molar-refractivity contribution >= 4 is 21.9 Å². The number of hydrogen-bond donors (Lipinski definition) is 2. The summed E-state index contributed by atoms with van der Waals surface area (Å²) in [5, 5.41) is 17.8. The van der Waals surface area contributed by atoms with Crippen molar-refractivity contribution in [2.24, 2.45) is 0 Å². The molecule has 0 aliphatic heterocycles. The number of alkyl halides is 1. The molecule has 0 fully saturated rings. The minimum atomic E-state index is -2.16. The highest BCUT2D eigenvalue weighted by Crippen LogP contribution is 2.36. The number of aliphatic carboxylic acids is 1. The van der Waals surface area contributed by atoms with Gasteiger partial charge < -0.3 is 14.9 Å². The van der Waals surface area contributed by atoms with Crippen LogP contribution in [0.15, 0.2) is 16.6 Å². The molecule has 0 bridgehead atoms. The Labute approximate surface area is 93.4 Å². The first-order valence-corrected chi connectivity index (χ1v) is 4.70. The first-order valence-electron chi connectivity index (χ1n) is 3.90. The highest BCUT2D eigenvalue weighted by Gasteiger charge is 2.23. The van der Waals surface area contributed by atoms with Gasteiger partial charge in [0.05, 0.1) is 7.11 Å². The molecule has 0 saturated carbocycles. The number of halogens is 2. The molecular weight excluding hydrogens is 271 g/mol. The topological polar surface area (TPSA) is 66.8 Å². The van der Waals surface area contributed by atoms with Crippen LogP contribution in [0.25, 0.3) is 0 Å². The van der Waals surface area contributed by atoms with Crippen LogP contribution < -0.4 is 4.74 Å². The maximum atomic E-state index is 13.2. The third-order valence-corrected chi connectivity index (χ3v) is 2.47. The van der Waals surface area contributed by atoms with E-state index in [2.05, 4.69) is 15.9 Å². The first kappa shape index (κ1) is 11.8. The molecule has 0 spiro atoms. The normalized spacial score (nSPS) is 12.2. The van der Waals surface area contributed by atoms with Crippen molar-refractivity contribution in [2.75, 3.05) is 7.11 Å². The molecule has 6 heteroatoms. The number of benzene rings is 1. The van der Waals surface area contributed by atoms with Crippen LogP contribution in [-0.4, -0.2) is 23.3 Å². The number of ether oxygens (including phenoxy) is 1. The molecule has 0 aliphatic carbocycles. The van der Waals surface area contributed by atoms with Gasteiger partial charge in [-0.2, -0.15) is 0 Å². The maximum absolute atomic E-state index is 13.2. The van der Waals surface area contributed by atoms with E-state index in [1.54, 1.807) is 0 Å². The van der Waals surface area contributed by atoms with Crippen LogP contribution >= 0.6 is 15.9 Å². The Morgan fingerprint density at radius 2 is 2.20 bits per heavy atom. The lowest BCUT2D eigenvalue weighted by atomic mass is 10.1. The van der Waals surface area contributed by atoms with E-state index in [0.717, 1.165) is 6.07 Å². The second-order valence-electron chi connectivity index (χ2n) is 2.75. The Morgan fingerprint density at radius 1 is 1.60 bits per heavy atom. The van der Waals surface area contributed by atoms with Crippen LogP contribution in [0.1, 0.15) is 11.7 Å². The summed E-state index contributed by atoms with van der Waals surface area (Å²) < 4.78 is 18.1. The van der Waals surface area contributed by atoms with Crippen LogP contribution in [-0.2, 0) is 4.79 Å². The number of carbonyl (C=O) groups is 1. The first-order chi connectivity index (χ1) is 6.97. The highest BCUT2D eigenvalue weighted by molar-refractivity contribution is 9.10. The average Bonchev–Trinajstić information content (AvgIpc) is 2.17. The molecule has 1 aromatic carbocycles. The number of aromatic hydroxyl groups is 1. The number of rotatable bonds is 3. The summed E-state index contributed by atoms with van der Waals surface area (Å²) in [6.07, 6.45) is -2.16. The van der Waals surface area contributed by atoms with Gasteiger partial charge in [0.25, 0.3) is 0 Å². The molecule has 0 saturated heterocycles. The van der Waals surface area contributed by atoms with E-state index >= 15 is 0 Å². The minimum absolute atomic E-state index is 0.0251. The molecule has 4 nitrogen and oxygen atoms in total. The van der Waals surface area contributed by atoms with Gasteiger partial charge in [-0.1, -0.05) is 15.9 Å². The van der Waals surface area contributed by atoms with Crippen LogP contribution in [0.5, 0.6) is 11.5 Å². The molecular formula is C9H8BrFO4. The van der Waals surface area contributed by atoms with E-state index in [1.807, 2.05) is 0 Å². The Balaban J connectivity index is 3.24. The van der Waals surface area contributed by atoms with Gasteiger partial charge >= 0.3 is 5.97 Å². The summed E-state index contributed by atoms with van der Waals surface area (Å²) in [5.74, 6) is -1.76. The molecule has 0 aromatic heterocycles.